The van der Waals surface area contributed by atoms with E-state index in [4.69, 9.17) is 4.42 Å². The minimum absolute atomic E-state index is 0.116. The largest absolute Gasteiger partial charge is 0.468 e. The van der Waals surface area contributed by atoms with Crippen LogP contribution >= 0.6 is 0 Å². The van der Waals surface area contributed by atoms with Gasteiger partial charge in [0, 0.05) is 20.3 Å². The molecular formula is C12H15N3O3S. The lowest BCUT2D eigenvalue weighted by Gasteiger charge is -2.11. The average molecular weight is 281 g/mol. The zero-order valence-electron chi connectivity index (χ0n) is 10.7. The molecule has 0 aliphatic rings. The number of aromatic nitrogens is 1. The zero-order valence-corrected chi connectivity index (χ0v) is 11.5. The van der Waals surface area contributed by atoms with E-state index in [2.05, 4.69) is 9.71 Å². The lowest BCUT2D eigenvalue weighted by atomic mass is 10.4. The monoisotopic (exact) mass is 281 g/mol. The van der Waals surface area contributed by atoms with E-state index in [-0.39, 0.29) is 11.4 Å². The van der Waals surface area contributed by atoms with Crippen molar-refractivity contribution in [2.75, 3.05) is 19.0 Å². The number of furan rings is 1. The molecule has 2 rings (SSSR count). The molecule has 2 heterocycles. The predicted molar refractivity (Wildman–Crippen MR) is 71.3 cm³/mol. The van der Waals surface area contributed by atoms with Crippen LogP contribution in [0.3, 0.4) is 0 Å². The van der Waals surface area contributed by atoms with E-state index in [9.17, 15) is 8.42 Å². The summed E-state index contributed by atoms with van der Waals surface area (Å²) in [5.74, 6) is 1.26. The molecule has 0 unspecified atom stereocenters. The third kappa shape index (κ3) is 3.33. The molecule has 0 amide bonds. The van der Waals surface area contributed by atoms with Gasteiger partial charge < -0.3 is 9.32 Å². The van der Waals surface area contributed by atoms with Gasteiger partial charge in [-0.2, -0.15) is 0 Å². The van der Waals surface area contributed by atoms with Gasteiger partial charge in [0.05, 0.1) is 12.8 Å². The van der Waals surface area contributed by atoms with Gasteiger partial charge in [0.25, 0.3) is 0 Å². The van der Waals surface area contributed by atoms with Gasteiger partial charge in [-0.15, -0.1) is 0 Å². The molecule has 2 aromatic rings. The van der Waals surface area contributed by atoms with Crippen LogP contribution in [0.4, 0.5) is 5.82 Å². The Labute approximate surface area is 112 Å². The van der Waals surface area contributed by atoms with E-state index in [1.54, 1.807) is 23.1 Å². The number of nitrogens with one attached hydrogen (secondary N) is 1. The van der Waals surface area contributed by atoms with Crippen LogP contribution in [0.15, 0.2) is 46.0 Å². The second kappa shape index (κ2) is 5.41. The van der Waals surface area contributed by atoms with Crippen molar-refractivity contribution < 1.29 is 12.8 Å². The van der Waals surface area contributed by atoms with Crippen LogP contribution in [0, 0.1) is 0 Å². The highest BCUT2D eigenvalue weighted by atomic mass is 32.2. The summed E-state index contributed by atoms with van der Waals surface area (Å²) in [7, 11) is 0.108. The maximum atomic E-state index is 12.0. The number of anilines is 1. The highest BCUT2D eigenvalue weighted by Crippen LogP contribution is 2.12. The van der Waals surface area contributed by atoms with Crippen molar-refractivity contribution in [1.82, 2.24) is 9.71 Å². The van der Waals surface area contributed by atoms with E-state index >= 15 is 0 Å². The SMILES string of the molecule is CN(C)c1ccc(S(=O)(=O)NCc2ccco2)cn1. The van der Waals surface area contributed by atoms with Crippen LogP contribution in [0.25, 0.3) is 0 Å². The highest BCUT2D eigenvalue weighted by molar-refractivity contribution is 7.89. The molecule has 2 aromatic heterocycles. The standard InChI is InChI=1S/C12H15N3O3S/c1-15(2)12-6-5-11(9-13-12)19(16,17)14-8-10-4-3-7-18-10/h3-7,9,14H,8H2,1-2H3. The van der Waals surface area contributed by atoms with Gasteiger partial charge in [-0.25, -0.2) is 18.1 Å². The molecule has 1 N–H and O–H groups in total. The van der Waals surface area contributed by atoms with Crippen LogP contribution in [0.2, 0.25) is 0 Å². The maximum Gasteiger partial charge on any atom is 0.242 e. The van der Waals surface area contributed by atoms with Gasteiger partial charge in [0.2, 0.25) is 10.0 Å². The summed E-state index contributed by atoms with van der Waals surface area (Å²) in [4.78, 5) is 6.00. The number of sulfonamides is 1. The average Bonchev–Trinajstić information content (AvgIpc) is 2.90. The van der Waals surface area contributed by atoms with E-state index in [0.29, 0.717) is 11.6 Å². The van der Waals surface area contributed by atoms with Gasteiger partial charge in [-0.05, 0) is 24.3 Å². The van der Waals surface area contributed by atoms with Crippen molar-refractivity contribution in [2.24, 2.45) is 0 Å². The van der Waals surface area contributed by atoms with Crippen molar-refractivity contribution in [3.63, 3.8) is 0 Å². The van der Waals surface area contributed by atoms with Gasteiger partial charge >= 0.3 is 0 Å². The van der Waals surface area contributed by atoms with E-state index in [1.807, 2.05) is 14.1 Å². The molecule has 0 saturated carbocycles. The van der Waals surface area contributed by atoms with Gasteiger partial charge in [0.1, 0.15) is 16.5 Å². The van der Waals surface area contributed by atoms with Gasteiger partial charge in [0.15, 0.2) is 0 Å². The molecular weight excluding hydrogens is 266 g/mol. The van der Waals surface area contributed by atoms with Gasteiger partial charge in [-0.1, -0.05) is 0 Å². The summed E-state index contributed by atoms with van der Waals surface area (Å²) in [6.07, 6.45) is 2.83. The molecule has 0 aliphatic carbocycles. The van der Waals surface area contributed by atoms with Crippen molar-refractivity contribution in [1.29, 1.82) is 0 Å². The topological polar surface area (TPSA) is 75.4 Å². The van der Waals surface area contributed by atoms with Crippen molar-refractivity contribution >= 4 is 15.8 Å². The Morgan fingerprint density at radius 1 is 1.32 bits per heavy atom. The second-order valence-electron chi connectivity index (χ2n) is 4.15. The summed E-state index contributed by atoms with van der Waals surface area (Å²) in [6.45, 7) is 0.116. The molecule has 6 nitrogen and oxygen atoms in total. The lowest BCUT2D eigenvalue weighted by Crippen LogP contribution is -2.23. The van der Waals surface area contributed by atoms with Crippen LogP contribution in [-0.2, 0) is 16.6 Å². The first-order chi connectivity index (χ1) is 8.99. The number of rotatable bonds is 5. The highest BCUT2D eigenvalue weighted by Gasteiger charge is 2.15. The second-order valence-corrected chi connectivity index (χ2v) is 5.92. The Balaban J connectivity index is 2.10. The fourth-order valence-electron chi connectivity index (χ4n) is 1.46. The summed E-state index contributed by atoms with van der Waals surface area (Å²) in [5, 5.41) is 0. The Morgan fingerprint density at radius 3 is 2.63 bits per heavy atom. The minimum atomic E-state index is -3.57. The molecule has 7 heteroatoms. The normalized spacial score (nSPS) is 11.5. The van der Waals surface area contributed by atoms with E-state index in [1.165, 1.54) is 18.5 Å². The van der Waals surface area contributed by atoms with Gasteiger partial charge in [-0.3, -0.25) is 0 Å². The number of pyridine rings is 1. The molecule has 0 aromatic carbocycles. The third-order valence-corrected chi connectivity index (χ3v) is 3.89. The van der Waals surface area contributed by atoms with Crippen molar-refractivity contribution in [2.45, 2.75) is 11.4 Å². The molecule has 0 fully saturated rings. The summed E-state index contributed by atoms with van der Waals surface area (Å²) >= 11 is 0. The Morgan fingerprint density at radius 2 is 2.11 bits per heavy atom. The quantitative estimate of drug-likeness (QED) is 0.891. The van der Waals surface area contributed by atoms with Crippen molar-refractivity contribution in [3.8, 4) is 0 Å². The summed E-state index contributed by atoms with van der Waals surface area (Å²) < 4.78 is 31.5. The van der Waals surface area contributed by atoms with Crippen LogP contribution in [-0.4, -0.2) is 27.5 Å². The lowest BCUT2D eigenvalue weighted by molar-refractivity contribution is 0.498. The number of hydrogen-bond acceptors (Lipinski definition) is 5. The minimum Gasteiger partial charge on any atom is -0.468 e. The first-order valence-corrected chi connectivity index (χ1v) is 7.13. The number of hydrogen-bond donors (Lipinski definition) is 1. The summed E-state index contributed by atoms with van der Waals surface area (Å²) in [5.41, 5.74) is 0. The Hall–Kier alpha value is -1.86. The number of nitrogens with zero attached hydrogens (tertiary/aromatic N) is 2. The van der Waals surface area contributed by atoms with Crippen LogP contribution < -0.4 is 9.62 Å². The predicted octanol–water partition coefficient (Wildman–Crippen LogP) is 1.22. The fourth-order valence-corrected chi connectivity index (χ4v) is 2.40. The van der Waals surface area contributed by atoms with Crippen molar-refractivity contribution in [3.05, 3.63) is 42.5 Å². The Kier molecular flexibility index (Phi) is 3.87. The van der Waals surface area contributed by atoms with Crippen LogP contribution in [0.5, 0.6) is 0 Å². The Bertz CT molecular complexity index is 619. The van der Waals surface area contributed by atoms with E-state index in [0.717, 1.165) is 0 Å². The fraction of sp³-hybridized carbons (Fsp3) is 0.250. The third-order valence-electron chi connectivity index (χ3n) is 2.51. The molecule has 19 heavy (non-hydrogen) atoms. The first-order valence-electron chi connectivity index (χ1n) is 5.64. The zero-order chi connectivity index (χ0) is 13.9. The maximum absolute atomic E-state index is 12.0. The smallest absolute Gasteiger partial charge is 0.242 e. The molecule has 0 radical (unpaired) electrons. The molecule has 0 saturated heterocycles. The van der Waals surface area contributed by atoms with Crippen LogP contribution in [0.1, 0.15) is 5.76 Å². The molecule has 102 valence electrons. The molecule has 0 atom stereocenters. The molecule has 0 spiro atoms. The summed E-state index contributed by atoms with van der Waals surface area (Å²) in [6, 6.07) is 6.58. The molecule has 0 bridgehead atoms. The molecule has 0 aliphatic heterocycles. The first kappa shape index (κ1) is 13.6. The van der Waals surface area contributed by atoms with E-state index < -0.39 is 10.0 Å².